The van der Waals surface area contributed by atoms with Crippen LogP contribution in [0.5, 0.6) is 0 Å². The number of anilines is 2. The average Bonchev–Trinajstić information content (AvgIpc) is 3.18. The van der Waals surface area contributed by atoms with Crippen LogP contribution in [0, 0.1) is 24.0 Å². The summed E-state index contributed by atoms with van der Waals surface area (Å²) in [6.07, 6.45) is 4.35. The van der Waals surface area contributed by atoms with E-state index < -0.39 is 14.9 Å². The maximum absolute atomic E-state index is 12.8. The number of hydrogen-bond donors (Lipinski definition) is 2. The lowest BCUT2D eigenvalue weighted by Crippen LogP contribution is -2.15. The number of hydrogen-bond acceptors (Lipinski definition) is 6. The molecule has 0 spiro atoms. The minimum atomic E-state index is -3.99. The van der Waals surface area contributed by atoms with Gasteiger partial charge < -0.3 is 9.72 Å². The molecule has 0 amide bonds. The third-order valence-corrected chi connectivity index (χ3v) is 6.58. The summed E-state index contributed by atoms with van der Waals surface area (Å²) in [4.78, 5) is 15.4. The largest absolute Gasteiger partial charge is 0.379 e. The fraction of sp³-hybridized carbons (Fsp3) is 0.174. The first-order valence-corrected chi connectivity index (χ1v) is 11.8. The summed E-state index contributed by atoms with van der Waals surface area (Å²) in [5.74, 6) is 0. The second-order valence-corrected chi connectivity index (χ2v) is 9.42. The molecule has 0 aliphatic heterocycles. The normalized spacial score (nSPS) is 11.5. The molecule has 4 aromatic rings. The quantitative estimate of drug-likeness (QED) is 0.296. The van der Waals surface area contributed by atoms with Gasteiger partial charge in [-0.25, -0.2) is 13.4 Å². The standard InChI is InChI=1S/C23H23N5O4S/c1-16-6-8-20(17(2)13-16)26-33(31,32)19-7-9-21(22(14-19)28(29)30)24-11-10-18-15-27-12-4-3-5-23(27)25-18/h3-9,12-15,24,26H,10-11H2,1-2H3. The Morgan fingerprint density at radius 3 is 2.58 bits per heavy atom. The number of rotatable bonds is 8. The molecular formula is C23H23N5O4S. The van der Waals surface area contributed by atoms with Gasteiger partial charge in [0.2, 0.25) is 0 Å². The third-order valence-electron chi connectivity index (χ3n) is 5.21. The zero-order chi connectivity index (χ0) is 23.6. The Morgan fingerprint density at radius 2 is 1.85 bits per heavy atom. The summed E-state index contributed by atoms with van der Waals surface area (Å²) in [6.45, 7) is 4.11. The molecule has 2 N–H and O–H groups in total. The smallest absolute Gasteiger partial charge is 0.293 e. The van der Waals surface area contributed by atoms with E-state index in [9.17, 15) is 18.5 Å². The maximum atomic E-state index is 12.8. The monoisotopic (exact) mass is 465 g/mol. The zero-order valence-electron chi connectivity index (χ0n) is 18.1. The van der Waals surface area contributed by atoms with E-state index >= 15 is 0 Å². The van der Waals surface area contributed by atoms with Crippen LogP contribution >= 0.6 is 0 Å². The van der Waals surface area contributed by atoms with Crippen molar-refractivity contribution >= 4 is 32.7 Å². The summed E-state index contributed by atoms with van der Waals surface area (Å²) in [5, 5.41) is 14.7. The molecule has 0 unspecified atom stereocenters. The van der Waals surface area contributed by atoms with Gasteiger partial charge in [-0.15, -0.1) is 0 Å². The molecule has 0 radical (unpaired) electrons. The van der Waals surface area contributed by atoms with Crippen LogP contribution in [-0.4, -0.2) is 29.3 Å². The second-order valence-electron chi connectivity index (χ2n) is 7.74. The first-order valence-electron chi connectivity index (χ1n) is 10.3. The van der Waals surface area contributed by atoms with E-state index in [0.717, 1.165) is 28.5 Å². The van der Waals surface area contributed by atoms with Gasteiger partial charge in [0.25, 0.3) is 15.7 Å². The Balaban J connectivity index is 1.51. The third kappa shape index (κ3) is 4.96. The molecule has 2 aromatic heterocycles. The highest BCUT2D eigenvalue weighted by Gasteiger charge is 2.22. The number of nitrogens with one attached hydrogen (secondary N) is 2. The highest BCUT2D eigenvalue weighted by molar-refractivity contribution is 7.92. The summed E-state index contributed by atoms with van der Waals surface area (Å²) >= 11 is 0. The van der Waals surface area contributed by atoms with Crippen LogP contribution in [0.25, 0.3) is 5.65 Å². The topological polar surface area (TPSA) is 119 Å². The second kappa shape index (κ2) is 8.91. The van der Waals surface area contributed by atoms with Gasteiger partial charge in [0.15, 0.2) is 0 Å². The van der Waals surface area contributed by atoms with Crippen LogP contribution in [0.2, 0.25) is 0 Å². The molecule has 10 heteroatoms. The molecule has 0 atom stereocenters. The Hall–Kier alpha value is -3.92. The number of fused-ring (bicyclic) bond motifs is 1. The van der Waals surface area contributed by atoms with Crippen molar-refractivity contribution in [1.82, 2.24) is 9.38 Å². The molecule has 0 saturated carbocycles. The van der Waals surface area contributed by atoms with Crippen LogP contribution in [0.3, 0.4) is 0 Å². The van der Waals surface area contributed by atoms with Gasteiger partial charge in [0.05, 0.1) is 21.2 Å². The molecule has 0 bridgehead atoms. The predicted octanol–water partition coefficient (Wildman–Crippen LogP) is 4.31. The van der Waals surface area contributed by atoms with Crippen LogP contribution < -0.4 is 10.0 Å². The SMILES string of the molecule is Cc1ccc(NS(=O)(=O)c2ccc(NCCc3cn4ccccc4n3)c([N+](=O)[O-])c2)c(C)c1. The maximum Gasteiger partial charge on any atom is 0.293 e. The lowest BCUT2D eigenvalue weighted by atomic mass is 10.1. The Bertz CT molecular complexity index is 1410. The van der Waals surface area contributed by atoms with Crippen molar-refractivity contribution < 1.29 is 13.3 Å². The Labute approximate surface area is 191 Å². The molecule has 170 valence electrons. The van der Waals surface area contributed by atoms with Gasteiger partial charge in [-0.1, -0.05) is 23.8 Å². The van der Waals surface area contributed by atoms with Crippen molar-refractivity contribution in [2.75, 3.05) is 16.6 Å². The van der Waals surface area contributed by atoms with E-state index in [2.05, 4.69) is 15.0 Å². The fourth-order valence-corrected chi connectivity index (χ4v) is 4.69. The Morgan fingerprint density at radius 1 is 1.06 bits per heavy atom. The number of sulfonamides is 1. The van der Waals surface area contributed by atoms with Crippen molar-refractivity contribution in [2.45, 2.75) is 25.2 Å². The lowest BCUT2D eigenvalue weighted by Gasteiger charge is -2.12. The summed E-state index contributed by atoms with van der Waals surface area (Å²) < 4.78 is 30.1. The van der Waals surface area contributed by atoms with Crippen molar-refractivity contribution in [3.8, 4) is 0 Å². The molecule has 2 heterocycles. The number of aromatic nitrogens is 2. The Kier molecular flexibility index (Phi) is 6.01. The number of nitro groups is 1. The fourth-order valence-electron chi connectivity index (χ4n) is 3.54. The first kappa shape index (κ1) is 22.3. The average molecular weight is 466 g/mol. The summed E-state index contributed by atoms with van der Waals surface area (Å²) in [7, 11) is -3.99. The van der Waals surface area contributed by atoms with E-state index in [1.165, 1.54) is 12.1 Å². The first-order chi connectivity index (χ1) is 15.7. The lowest BCUT2D eigenvalue weighted by molar-refractivity contribution is -0.384. The highest BCUT2D eigenvalue weighted by atomic mass is 32.2. The number of benzene rings is 2. The van der Waals surface area contributed by atoms with E-state index in [4.69, 9.17) is 0 Å². The summed E-state index contributed by atoms with van der Waals surface area (Å²) in [6, 6.07) is 14.9. The molecule has 0 aliphatic rings. The van der Waals surface area contributed by atoms with Gasteiger partial charge in [-0.3, -0.25) is 14.8 Å². The molecule has 33 heavy (non-hydrogen) atoms. The number of nitrogens with zero attached hydrogens (tertiary/aromatic N) is 3. The van der Waals surface area contributed by atoms with Gasteiger partial charge in [0.1, 0.15) is 11.3 Å². The van der Waals surface area contributed by atoms with Crippen molar-refractivity contribution in [2.24, 2.45) is 0 Å². The van der Waals surface area contributed by atoms with Gasteiger partial charge in [0, 0.05) is 31.4 Å². The minimum absolute atomic E-state index is 0.180. The molecule has 0 fully saturated rings. The van der Waals surface area contributed by atoms with Crippen LogP contribution in [0.4, 0.5) is 17.1 Å². The van der Waals surface area contributed by atoms with Crippen molar-refractivity contribution in [1.29, 1.82) is 0 Å². The minimum Gasteiger partial charge on any atom is -0.379 e. The van der Waals surface area contributed by atoms with Gasteiger partial charge >= 0.3 is 0 Å². The molecule has 2 aromatic carbocycles. The van der Waals surface area contributed by atoms with Crippen LogP contribution in [-0.2, 0) is 16.4 Å². The molecule has 4 rings (SSSR count). The number of imidazole rings is 1. The zero-order valence-corrected chi connectivity index (χ0v) is 19.0. The number of aryl methyl sites for hydroxylation is 2. The molecule has 0 aliphatic carbocycles. The number of pyridine rings is 1. The van der Waals surface area contributed by atoms with Crippen molar-refractivity contribution in [3.63, 3.8) is 0 Å². The van der Waals surface area contributed by atoms with E-state index in [1.807, 2.05) is 48.0 Å². The van der Waals surface area contributed by atoms with Gasteiger partial charge in [-0.05, 0) is 49.7 Å². The van der Waals surface area contributed by atoms with Crippen LogP contribution in [0.15, 0.2) is 71.9 Å². The summed E-state index contributed by atoms with van der Waals surface area (Å²) in [5.41, 5.74) is 3.79. The van der Waals surface area contributed by atoms with E-state index in [-0.39, 0.29) is 16.3 Å². The van der Waals surface area contributed by atoms with Gasteiger partial charge in [-0.2, -0.15) is 0 Å². The number of nitro benzene ring substituents is 1. The predicted molar refractivity (Wildman–Crippen MR) is 127 cm³/mol. The molecule has 9 nitrogen and oxygen atoms in total. The van der Waals surface area contributed by atoms with Crippen molar-refractivity contribution in [3.05, 3.63) is 93.9 Å². The van der Waals surface area contributed by atoms with Crippen LogP contribution in [0.1, 0.15) is 16.8 Å². The van der Waals surface area contributed by atoms with E-state index in [1.54, 1.807) is 19.1 Å². The highest BCUT2D eigenvalue weighted by Crippen LogP contribution is 2.29. The molecule has 0 saturated heterocycles. The molecular weight excluding hydrogens is 442 g/mol. The van der Waals surface area contributed by atoms with E-state index in [0.29, 0.717) is 18.7 Å².